The number of hydrogen-bond donors (Lipinski definition) is 1. The van der Waals surface area contributed by atoms with E-state index in [1.54, 1.807) is 30.2 Å². The van der Waals surface area contributed by atoms with E-state index < -0.39 is 0 Å². The molecule has 4 aromatic rings. The molecular weight excluding hydrogens is 400 g/mol. The highest BCUT2D eigenvalue weighted by Gasteiger charge is 2.16. The number of hydrogen-bond acceptors (Lipinski definition) is 8. The second-order valence-electron chi connectivity index (χ2n) is 6.63. The molecule has 0 saturated heterocycles. The summed E-state index contributed by atoms with van der Waals surface area (Å²) in [5.74, 6) is 2.63. The Balaban J connectivity index is 1.65. The summed E-state index contributed by atoms with van der Waals surface area (Å²) in [6.45, 7) is 4.61. The molecule has 0 fully saturated rings. The van der Waals surface area contributed by atoms with Gasteiger partial charge < -0.3 is 19.8 Å². The molecule has 1 aromatic carbocycles. The largest absolute Gasteiger partial charge is 0.461 e. The minimum Gasteiger partial charge on any atom is -0.461 e. The molecular formula is C21H24N6O2S. The average Bonchev–Trinajstić information content (AvgIpc) is 3.43. The number of benzene rings is 1. The van der Waals surface area contributed by atoms with Gasteiger partial charge in [0, 0.05) is 30.7 Å². The van der Waals surface area contributed by atoms with Crippen LogP contribution in [0.5, 0.6) is 0 Å². The fraction of sp³-hybridized carbons (Fsp3) is 0.286. The van der Waals surface area contributed by atoms with E-state index in [0.29, 0.717) is 49.5 Å². The molecule has 2 N–H and O–H groups in total. The number of thioether (sulfide) groups is 1. The van der Waals surface area contributed by atoms with E-state index in [0.717, 1.165) is 5.82 Å². The molecule has 3 aromatic heterocycles. The third-order valence-electron chi connectivity index (χ3n) is 4.63. The Morgan fingerprint density at radius 1 is 1.20 bits per heavy atom. The van der Waals surface area contributed by atoms with Crippen LogP contribution < -0.4 is 10.6 Å². The number of fused-ring (bicyclic) bond motifs is 1. The number of nitrogen functional groups attached to an aromatic ring is 1. The zero-order chi connectivity index (χ0) is 20.9. The van der Waals surface area contributed by atoms with E-state index >= 15 is 0 Å². The van der Waals surface area contributed by atoms with Crippen molar-refractivity contribution < 1.29 is 9.15 Å². The Morgan fingerprint density at radius 2 is 2.03 bits per heavy atom. The molecule has 0 aliphatic rings. The highest BCUT2D eigenvalue weighted by Crippen LogP contribution is 2.23. The predicted molar refractivity (Wildman–Crippen MR) is 119 cm³/mol. The van der Waals surface area contributed by atoms with Crippen LogP contribution in [0.4, 0.5) is 11.6 Å². The maximum atomic E-state index is 6.28. The third kappa shape index (κ3) is 4.42. The van der Waals surface area contributed by atoms with Gasteiger partial charge in [-0.25, -0.2) is 0 Å². The molecule has 30 heavy (non-hydrogen) atoms. The highest BCUT2D eigenvalue weighted by molar-refractivity contribution is 7.98. The van der Waals surface area contributed by atoms with Gasteiger partial charge in [-0.2, -0.15) is 14.5 Å². The van der Waals surface area contributed by atoms with Crippen molar-refractivity contribution in [3.63, 3.8) is 0 Å². The lowest BCUT2D eigenvalue weighted by atomic mass is 10.2. The molecule has 8 nitrogen and oxygen atoms in total. The molecule has 0 atom stereocenters. The molecule has 0 aliphatic heterocycles. The summed E-state index contributed by atoms with van der Waals surface area (Å²) in [4.78, 5) is 12.6. The van der Waals surface area contributed by atoms with Gasteiger partial charge in [0.05, 0.1) is 12.9 Å². The van der Waals surface area contributed by atoms with Crippen molar-refractivity contribution in [1.82, 2.24) is 19.6 Å². The fourth-order valence-electron chi connectivity index (χ4n) is 3.09. The molecule has 0 bridgehead atoms. The third-order valence-corrected chi connectivity index (χ3v) is 5.38. The van der Waals surface area contributed by atoms with Crippen molar-refractivity contribution in [2.45, 2.75) is 18.4 Å². The lowest BCUT2D eigenvalue weighted by Crippen LogP contribution is -2.28. The molecule has 9 heteroatoms. The van der Waals surface area contributed by atoms with Gasteiger partial charge in [0.15, 0.2) is 5.76 Å². The number of rotatable bonds is 9. The van der Waals surface area contributed by atoms with Crippen LogP contribution in [0.2, 0.25) is 0 Å². The minimum absolute atomic E-state index is 0.426. The summed E-state index contributed by atoms with van der Waals surface area (Å²) >= 11 is 1.73. The van der Waals surface area contributed by atoms with Crippen LogP contribution in [0.25, 0.3) is 17.4 Å². The standard InChI is InChI=1S/C21H24N6O2S/c1-3-28-12-10-26(14-15-6-8-16(30-2)9-7-15)19-13-18(22)27-21(23-19)24-20(25-27)17-5-4-11-29-17/h4-9,11,13H,3,10,12,14,22H2,1-2H3. The van der Waals surface area contributed by atoms with Gasteiger partial charge >= 0.3 is 0 Å². The van der Waals surface area contributed by atoms with Crippen molar-refractivity contribution in [3.05, 3.63) is 54.3 Å². The maximum absolute atomic E-state index is 6.28. The van der Waals surface area contributed by atoms with Crippen molar-refractivity contribution in [1.29, 1.82) is 0 Å². The molecule has 0 amide bonds. The Bertz CT molecular complexity index is 1090. The van der Waals surface area contributed by atoms with Gasteiger partial charge in [-0.1, -0.05) is 12.1 Å². The molecule has 3 heterocycles. The average molecular weight is 425 g/mol. The van der Waals surface area contributed by atoms with Gasteiger partial charge in [-0.05, 0) is 43.0 Å². The number of anilines is 2. The number of ether oxygens (including phenoxy) is 1. The van der Waals surface area contributed by atoms with Crippen LogP contribution in [0.1, 0.15) is 12.5 Å². The van der Waals surface area contributed by atoms with Gasteiger partial charge in [-0.15, -0.1) is 16.9 Å². The first kappa shape index (κ1) is 20.2. The summed E-state index contributed by atoms with van der Waals surface area (Å²) in [6.07, 6.45) is 3.65. The van der Waals surface area contributed by atoms with Crippen LogP contribution >= 0.6 is 11.8 Å². The lowest BCUT2D eigenvalue weighted by Gasteiger charge is -2.24. The summed E-state index contributed by atoms with van der Waals surface area (Å²) in [5.41, 5.74) is 7.46. The normalized spacial score (nSPS) is 11.3. The van der Waals surface area contributed by atoms with Crippen LogP contribution in [0.15, 0.2) is 58.0 Å². The molecule has 0 radical (unpaired) electrons. The lowest BCUT2D eigenvalue weighted by molar-refractivity contribution is 0.153. The first-order valence-corrected chi connectivity index (χ1v) is 10.9. The zero-order valence-corrected chi connectivity index (χ0v) is 17.8. The minimum atomic E-state index is 0.426. The molecule has 0 saturated carbocycles. The Labute approximate surface area is 179 Å². The van der Waals surface area contributed by atoms with E-state index in [9.17, 15) is 0 Å². The molecule has 4 rings (SSSR count). The van der Waals surface area contributed by atoms with Crippen LogP contribution in [0.3, 0.4) is 0 Å². The molecule has 156 valence electrons. The summed E-state index contributed by atoms with van der Waals surface area (Å²) in [6, 6.07) is 13.9. The number of nitrogens with zero attached hydrogens (tertiary/aromatic N) is 5. The summed E-state index contributed by atoms with van der Waals surface area (Å²) < 4.78 is 12.5. The number of furan rings is 1. The zero-order valence-electron chi connectivity index (χ0n) is 17.0. The first-order chi connectivity index (χ1) is 14.7. The van der Waals surface area contributed by atoms with Gasteiger partial charge in [0.25, 0.3) is 5.78 Å². The Kier molecular flexibility index (Phi) is 6.20. The van der Waals surface area contributed by atoms with Crippen LogP contribution in [-0.4, -0.2) is 45.6 Å². The van der Waals surface area contributed by atoms with E-state index in [1.807, 2.05) is 13.0 Å². The molecule has 0 aliphatic carbocycles. The second-order valence-corrected chi connectivity index (χ2v) is 7.51. The SMILES string of the molecule is CCOCCN(Cc1ccc(SC)cc1)c1cc(N)n2nc(-c3ccco3)nc2n1. The maximum Gasteiger partial charge on any atom is 0.256 e. The Hall–Kier alpha value is -3.04. The van der Waals surface area contributed by atoms with Gasteiger partial charge in [0.1, 0.15) is 11.6 Å². The summed E-state index contributed by atoms with van der Waals surface area (Å²) in [7, 11) is 0. The fourth-order valence-corrected chi connectivity index (χ4v) is 3.50. The quantitative estimate of drug-likeness (QED) is 0.321. The molecule has 0 spiro atoms. The second kappa shape index (κ2) is 9.19. The first-order valence-electron chi connectivity index (χ1n) is 9.70. The highest BCUT2D eigenvalue weighted by atomic mass is 32.2. The van der Waals surface area contributed by atoms with E-state index in [2.05, 4.69) is 45.5 Å². The topological polar surface area (TPSA) is 94.7 Å². The van der Waals surface area contributed by atoms with Crippen LogP contribution in [-0.2, 0) is 11.3 Å². The van der Waals surface area contributed by atoms with Crippen molar-refractivity contribution in [3.8, 4) is 11.6 Å². The predicted octanol–water partition coefficient (Wildman–Crippen LogP) is 3.73. The van der Waals surface area contributed by atoms with Crippen LogP contribution in [0, 0.1) is 0 Å². The monoisotopic (exact) mass is 424 g/mol. The van der Waals surface area contributed by atoms with E-state index in [-0.39, 0.29) is 0 Å². The van der Waals surface area contributed by atoms with Crippen molar-refractivity contribution in [2.75, 3.05) is 36.6 Å². The van der Waals surface area contributed by atoms with E-state index in [4.69, 9.17) is 19.9 Å². The van der Waals surface area contributed by atoms with Gasteiger partial charge in [-0.3, -0.25) is 0 Å². The number of nitrogens with two attached hydrogens (primary N) is 1. The smallest absolute Gasteiger partial charge is 0.256 e. The van der Waals surface area contributed by atoms with E-state index in [1.165, 1.54) is 15.0 Å². The number of aromatic nitrogens is 4. The van der Waals surface area contributed by atoms with Gasteiger partial charge in [0.2, 0.25) is 5.82 Å². The van der Waals surface area contributed by atoms with Crippen molar-refractivity contribution in [2.24, 2.45) is 0 Å². The Morgan fingerprint density at radius 3 is 2.73 bits per heavy atom. The van der Waals surface area contributed by atoms with Crippen molar-refractivity contribution >= 4 is 29.2 Å². The molecule has 0 unspecified atom stereocenters. The summed E-state index contributed by atoms with van der Waals surface area (Å²) in [5, 5.41) is 4.41.